The number of amides is 2. The first-order valence-electron chi connectivity index (χ1n) is 8.36. The average Bonchev–Trinajstić information content (AvgIpc) is 2.88. The second-order valence-electron chi connectivity index (χ2n) is 7.06. The molecule has 0 aromatic rings. The van der Waals surface area contributed by atoms with E-state index in [0.717, 1.165) is 31.8 Å². The number of likely N-dealkylation sites (tertiary alicyclic amines) is 2. The van der Waals surface area contributed by atoms with E-state index in [1.165, 1.54) is 25.7 Å². The van der Waals surface area contributed by atoms with Crippen molar-refractivity contribution in [2.45, 2.75) is 51.5 Å². The van der Waals surface area contributed by atoms with Gasteiger partial charge in [0.05, 0.1) is 0 Å². The van der Waals surface area contributed by atoms with E-state index in [-0.39, 0.29) is 11.9 Å². The molecular formula is C16H26N2O3. The van der Waals surface area contributed by atoms with Crippen LogP contribution in [0.1, 0.15) is 45.4 Å². The summed E-state index contributed by atoms with van der Waals surface area (Å²) < 4.78 is 0. The summed E-state index contributed by atoms with van der Waals surface area (Å²) in [6.07, 6.45) is 7.04. The monoisotopic (exact) mass is 294 g/mol. The van der Waals surface area contributed by atoms with E-state index in [9.17, 15) is 14.7 Å². The molecule has 2 aliphatic heterocycles. The molecule has 1 saturated carbocycles. The number of piperidine rings is 1. The smallest absolute Gasteiger partial charge is 0.326 e. The number of carboxylic acid groups (broad SMARTS) is 1. The van der Waals surface area contributed by atoms with Gasteiger partial charge >= 0.3 is 12.0 Å². The van der Waals surface area contributed by atoms with Crippen molar-refractivity contribution in [2.24, 2.45) is 17.8 Å². The zero-order valence-corrected chi connectivity index (χ0v) is 12.8. The zero-order chi connectivity index (χ0) is 15.0. The van der Waals surface area contributed by atoms with Crippen LogP contribution in [0, 0.1) is 17.8 Å². The topological polar surface area (TPSA) is 60.9 Å². The normalized spacial score (nSPS) is 36.4. The van der Waals surface area contributed by atoms with Crippen molar-refractivity contribution in [1.82, 2.24) is 9.80 Å². The third-order valence-corrected chi connectivity index (χ3v) is 5.76. The highest BCUT2D eigenvalue weighted by atomic mass is 16.4. The number of carbonyl (C=O) groups is 2. The molecule has 21 heavy (non-hydrogen) atoms. The highest BCUT2D eigenvalue weighted by Gasteiger charge is 2.42. The number of carboxylic acids is 1. The number of rotatable bonds is 1. The largest absolute Gasteiger partial charge is 0.480 e. The van der Waals surface area contributed by atoms with Crippen molar-refractivity contribution in [3.8, 4) is 0 Å². The van der Waals surface area contributed by atoms with Crippen LogP contribution < -0.4 is 0 Å². The molecule has 4 atom stereocenters. The number of hydrogen-bond donors (Lipinski definition) is 1. The molecule has 5 nitrogen and oxygen atoms in total. The maximum atomic E-state index is 12.7. The first-order valence-corrected chi connectivity index (χ1v) is 8.36. The highest BCUT2D eigenvalue weighted by molar-refractivity contribution is 5.83. The van der Waals surface area contributed by atoms with Crippen molar-refractivity contribution < 1.29 is 14.7 Å². The summed E-state index contributed by atoms with van der Waals surface area (Å²) in [5, 5.41) is 9.38. The summed E-state index contributed by atoms with van der Waals surface area (Å²) in [5.41, 5.74) is 0. The molecule has 2 heterocycles. The van der Waals surface area contributed by atoms with E-state index in [2.05, 4.69) is 0 Å². The lowest BCUT2D eigenvalue weighted by Gasteiger charge is -2.42. The number of nitrogens with zero attached hydrogens (tertiary/aromatic N) is 2. The fraction of sp³-hybridized carbons (Fsp3) is 0.875. The average molecular weight is 294 g/mol. The van der Waals surface area contributed by atoms with Gasteiger partial charge in [-0.1, -0.05) is 26.2 Å². The Morgan fingerprint density at radius 2 is 1.71 bits per heavy atom. The van der Waals surface area contributed by atoms with Gasteiger partial charge in [0.1, 0.15) is 6.04 Å². The Kier molecular flexibility index (Phi) is 4.09. The van der Waals surface area contributed by atoms with E-state index in [4.69, 9.17) is 0 Å². The Hall–Kier alpha value is -1.26. The van der Waals surface area contributed by atoms with Crippen molar-refractivity contribution in [3.05, 3.63) is 0 Å². The van der Waals surface area contributed by atoms with Gasteiger partial charge in [-0.15, -0.1) is 0 Å². The lowest BCUT2D eigenvalue weighted by atomic mass is 9.75. The van der Waals surface area contributed by atoms with Gasteiger partial charge in [-0.05, 0) is 37.0 Å². The van der Waals surface area contributed by atoms with Crippen LogP contribution >= 0.6 is 0 Å². The van der Waals surface area contributed by atoms with Gasteiger partial charge in [-0.2, -0.15) is 0 Å². The Labute approximate surface area is 126 Å². The second-order valence-corrected chi connectivity index (χ2v) is 7.06. The van der Waals surface area contributed by atoms with Crippen LogP contribution in [0.15, 0.2) is 0 Å². The van der Waals surface area contributed by atoms with Crippen LogP contribution in [0.2, 0.25) is 0 Å². The lowest BCUT2D eigenvalue weighted by Crippen LogP contribution is -2.53. The molecule has 3 fully saturated rings. The van der Waals surface area contributed by atoms with E-state index in [1.807, 2.05) is 11.8 Å². The SMILES string of the molecule is CC1CCN(C(=O)N2CCC3CCCCC3C2)C1C(=O)O. The molecule has 0 aromatic heterocycles. The predicted octanol–water partition coefficient (Wildman–Crippen LogP) is 2.41. The molecule has 4 unspecified atom stereocenters. The van der Waals surface area contributed by atoms with Gasteiger partial charge in [0, 0.05) is 19.6 Å². The molecule has 1 aliphatic carbocycles. The fourth-order valence-electron chi connectivity index (χ4n) is 4.49. The summed E-state index contributed by atoms with van der Waals surface area (Å²) >= 11 is 0. The molecule has 0 bridgehead atoms. The van der Waals surface area contributed by atoms with E-state index < -0.39 is 12.0 Å². The molecule has 1 N–H and O–H groups in total. The minimum Gasteiger partial charge on any atom is -0.480 e. The van der Waals surface area contributed by atoms with Crippen LogP contribution in [-0.4, -0.2) is 52.6 Å². The summed E-state index contributed by atoms with van der Waals surface area (Å²) in [7, 11) is 0. The molecule has 5 heteroatoms. The maximum Gasteiger partial charge on any atom is 0.326 e. The first kappa shape index (κ1) is 14.7. The number of urea groups is 1. The third kappa shape index (κ3) is 2.74. The summed E-state index contributed by atoms with van der Waals surface area (Å²) in [6, 6.07) is -0.683. The maximum absolute atomic E-state index is 12.7. The number of aliphatic carboxylic acids is 1. The Morgan fingerprint density at radius 3 is 2.43 bits per heavy atom. The fourth-order valence-corrected chi connectivity index (χ4v) is 4.49. The second kappa shape index (κ2) is 5.85. The van der Waals surface area contributed by atoms with Crippen LogP contribution in [0.5, 0.6) is 0 Å². The van der Waals surface area contributed by atoms with E-state index in [1.54, 1.807) is 4.90 Å². The minimum atomic E-state index is -0.860. The molecule has 0 radical (unpaired) electrons. The van der Waals surface area contributed by atoms with Gasteiger partial charge in [-0.3, -0.25) is 0 Å². The molecule has 0 aromatic carbocycles. The molecule has 2 amide bonds. The Morgan fingerprint density at radius 1 is 1.00 bits per heavy atom. The molecule has 0 spiro atoms. The zero-order valence-electron chi connectivity index (χ0n) is 12.8. The van der Waals surface area contributed by atoms with Crippen LogP contribution in [0.3, 0.4) is 0 Å². The van der Waals surface area contributed by atoms with Crippen molar-refractivity contribution >= 4 is 12.0 Å². The minimum absolute atomic E-state index is 0.0456. The molecule has 2 saturated heterocycles. The Bertz CT molecular complexity index is 426. The molecule has 118 valence electrons. The standard InChI is InChI=1S/C16H26N2O3/c1-11-6-9-18(14(11)15(19)20)16(21)17-8-7-12-4-2-3-5-13(12)10-17/h11-14H,2-10H2,1H3,(H,19,20). The lowest BCUT2D eigenvalue weighted by molar-refractivity contribution is -0.142. The molecule has 3 aliphatic rings. The summed E-state index contributed by atoms with van der Waals surface area (Å²) in [5.74, 6) is 0.620. The number of fused-ring (bicyclic) bond motifs is 1. The summed E-state index contributed by atoms with van der Waals surface area (Å²) in [6.45, 7) is 4.15. The number of carbonyl (C=O) groups excluding carboxylic acids is 1. The van der Waals surface area contributed by atoms with E-state index in [0.29, 0.717) is 12.5 Å². The van der Waals surface area contributed by atoms with Gasteiger partial charge in [0.25, 0.3) is 0 Å². The van der Waals surface area contributed by atoms with Gasteiger partial charge in [0.15, 0.2) is 0 Å². The summed E-state index contributed by atoms with van der Waals surface area (Å²) in [4.78, 5) is 27.7. The van der Waals surface area contributed by atoms with Gasteiger partial charge in [0.2, 0.25) is 0 Å². The predicted molar refractivity (Wildman–Crippen MR) is 78.9 cm³/mol. The van der Waals surface area contributed by atoms with Crippen molar-refractivity contribution in [3.63, 3.8) is 0 Å². The van der Waals surface area contributed by atoms with Crippen molar-refractivity contribution in [2.75, 3.05) is 19.6 Å². The number of hydrogen-bond acceptors (Lipinski definition) is 2. The van der Waals surface area contributed by atoms with Crippen molar-refractivity contribution in [1.29, 1.82) is 0 Å². The van der Waals surface area contributed by atoms with Gasteiger partial charge < -0.3 is 14.9 Å². The van der Waals surface area contributed by atoms with Crippen LogP contribution in [0.4, 0.5) is 4.79 Å². The van der Waals surface area contributed by atoms with E-state index >= 15 is 0 Å². The van der Waals surface area contributed by atoms with Crippen LogP contribution in [-0.2, 0) is 4.79 Å². The molecular weight excluding hydrogens is 268 g/mol. The van der Waals surface area contributed by atoms with Crippen LogP contribution in [0.25, 0.3) is 0 Å². The van der Waals surface area contributed by atoms with Gasteiger partial charge in [-0.25, -0.2) is 9.59 Å². The quantitative estimate of drug-likeness (QED) is 0.808. The highest BCUT2D eigenvalue weighted by Crippen LogP contribution is 2.37. The molecule has 3 rings (SSSR count). The Balaban J connectivity index is 1.66. The third-order valence-electron chi connectivity index (χ3n) is 5.76. The first-order chi connectivity index (χ1) is 10.1.